The summed E-state index contributed by atoms with van der Waals surface area (Å²) in [6.07, 6.45) is 0. The van der Waals surface area contributed by atoms with E-state index in [-0.39, 0.29) is 23.3 Å². The number of carbonyl (C=O) groups excluding carboxylic acids is 1. The zero-order chi connectivity index (χ0) is 21.2. The van der Waals surface area contributed by atoms with Gasteiger partial charge in [-0.05, 0) is 52.3 Å². The van der Waals surface area contributed by atoms with Crippen LogP contribution in [0.15, 0.2) is 42.5 Å². The average Bonchev–Trinajstić information content (AvgIpc) is 2.88. The van der Waals surface area contributed by atoms with Gasteiger partial charge in [0.15, 0.2) is 0 Å². The van der Waals surface area contributed by atoms with Gasteiger partial charge >= 0.3 is 13.1 Å². The summed E-state index contributed by atoms with van der Waals surface area (Å²) in [5.74, 6) is -1.18. The highest BCUT2D eigenvalue weighted by molar-refractivity contribution is 6.64. The third kappa shape index (κ3) is 4.31. The third-order valence-electron chi connectivity index (χ3n) is 5.49. The van der Waals surface area contributed by atoms with Gasteiger partial charge in [0.2, 0.25) is 0 Å². The molecule has 0 amide bonds. The number of carbonyl (C=O) groups is 1. The Labute approximate surface area is 171 Å². The molecule has 154 valence electrons. The first-order valence-corrected chi connectivity index (χ1v) is 9.79. The van der Waals surface area contributed by atoms with Crippen molar-refractivity contribution in [3.8, 4) is 0 Å². The SMILES string of the molecule is CCOC(=O)c1ccc(NCc2ccccc2)c(F)c1B1OC(C)(C)C(C)(C)O1. The Balaban J connectivity index is 1.97. The quantitative estimate of drug-likeness (QED) is 0.590. The van der Waals surface area contributed by atoms with Crippen LogP contribution in [0.25, 0.3) is 0 Å². The minimum atomic E-state index is -1.02. The highest BCUT2D eigenvalue weighted by Crippen LogP contribution is 2.37. The Morgan fingerprint density at radius 3 is 2.28 bits per heavy atom. The number of hydrogen-bond acceptors (Lipinski definition) is 5. The van der Waals surface area contributed by atoms with Crippen molar-refractivity contribution in [2.45, 2.75) is 52.4 Å². The molecule has 0 saturated carbocycles. The number of esters is 1. The summed E-state index contributed by atoms with van der Waals surface area (Å²) in [7, 11) is -1.02. The molecule has 2 aromatic carbocycles. The topological polar surface area (TPSA) is 56.8 Å². The molecule has 1 heterocycles. The van der Waals surface area contributed by atoms with Crippen molar-refractivity contribution in [1.82, 2.24) is 0 Å². The Bertz CT molecular complexity index is 870. The van der Waals surface area contributed by atoms with Gasteiger partial charge in [0.1, 0.15) is 5.82 Å². The molecule has 0 spiro atoms. The van der Waals surface area contributed by atoms with Gasteiger partial charge in [-0.2, -0.15) is 0 Å². The van der Waals surface area contributed by atoms with Crippen LogP contribution in [0.3, 0.4) is 0 Å². The Hall–Kier alpha value is -2.38. The highest BCUT2D eigenvalue weighted by atomic mass is 19.1. The van der Waals surface area contributed by atoms with E-state index in [1.54, 1.807) is 19.1 Å². The molecular weight excluding hydrogens is 372 g/mol. The second-order valence-electron chi connectivity index (χ2n) is 8.04. The molecule has 29 heavy (non-hydrogen) atoms. The molecule has 5 nitrogen and oxygen atoms in total. The largest absolute Gasteiger partial charge is 0.498 e. The summed E-state index contributed by atoms with van der Waals surface area (Å²) in [4.78, 5) is 12.5. The van der Waals surface area contributed by atoms with Gasteiger partial charge in [-0.3, -0.25) is 0 Å². The smallest absolute Gasteiger partial charge is 0.462 e. The average molecular weight is 399 g/mol. The maximum absolute atomic E-state index is 15.6. The molecule has 2 aromatic rings. The summed E-state index contributed by atoms with van der Waals surface area (Å²) in [6, 6.07) is 12.8. The van der Waals surface area contributed by atoms with E-state index in [1.165, 1.54) is 0 Å². The Morgan fingerprint density at radius 2 is 1.69 bits per heavy atom. The van der Waals surface area contributed by atoms with E-state index < -0.39 is 30.1 Å². The predicted octanol–water partition coefficient (Wildman–Crippen LogP) is 3.91. The highest BCUT2D eigenvalue weighted by Gasteiger charge is 2.53. The fourth-order valence-corrected chi connectivity index (χ4v) is 3.10. The molecule has 1 aliphatic heterocycles. The number of benzene rings is 2. The molecule has 0 unspecified atom stereocenters. The van der Waals surface area contributed by atoms with E-state index >= 15 is 4.39 Å². The van der Waals surface area contributed by atoms with Crippen LogP contribution >= 0.6 is 0 Å². The van der Waals surface area contributed by atoms with Gasteiger partial charge in [0.25, 0.3) is 0 Å². The van der Waals surface area contributed by atoms with Crippen molar-refractivity contribution in [2.75, 3.05) is 11.9 Å². The van der Waals surface area contributed by atoms with Crippen LogP contribution in [0.5, 0.6) is 0 Å². The molecule has 7 heteroatoms. The van der Waals surface area contributed by atoms with E-state index in [0.29, 0.717) is 6.54 Å². The van der Waals surface area contributed by atoms with E-state index in [2.05, 4.69) is 5.32 Å². The molecule has 1 fully saturated rings. The molecule has 0 bridgehead atoms. The van der Waals surface area contributed by atoms with Crippen LogP contribution < -0.4 is 10.8 Å². The van der Waals surface area contributed by atoms with Gasteiger partial charge in [-0.25, -0.2) is 9.18 Å². The lowest BCUT2D eigenvalue weighted by molar-refractivity contribution is 0.00578. The van der Waals surface area contributed by atoms with E-state index in [1.807, 2.05) is 58.0 Å². The van der Waals surface area contributed by atoms with Gasteiger partial charge in [-0.15, -0.1) is 0 Å². The molecule has 0 aliphatic carbocycles. The monoisotopic (exact) mass is 399 g/mol. The van der Waals surface area contributed by atoms with Crippen LogP contribution in [0.1, 0.15) is 50.5 Å². The molecule has 1 aliphatic rings. The van der Waals surface area contributed by atoms with Gasteiger partial charge in [-0.1, -0.05) is 30.3 Å². The second kappa shape index (κ2) is 8.16. The van der Waals surface area contributed by atoms with Crippen molar-refractivity contribution in [2.24, 2.45) is 0 Å². The minimum absolute atomic E-state index is 0.0557. The first-order valence-electron chi connectivity index (χ1n) is 9.79. The van der Waals surface area contributed by atoms with Gasteiger partial charge in [0, 0.05) is 12.0 Å². The summed E-state index contributed by atoms with van der Waals surface area (Å²) in [5, 5.41) is 3.09. The molecule has 1 N–H and O–H groups in total. The number of anilines is 1. The lowest BCUT2D eigenvalue weighted by Gasteiger charge is -2.32. The maximum atomic E-state index is 15.6. The Morgan fingerprint density at radius 1 is 1.07 bits per heavy atom. The first-order chi connectivity index (χ1) is 13.7. The first kappa shape index (κ1) is 21.3. The fraction of sp³-hybridized carbons (Fsp3) is 0.409. The molecule has 1 saturated heterocycles. The summed E-state index contributed by atoms with van der Waals surface area (Å²) < 4.78 is 32.7. The van der Waals surface area contributed by atoms with Gasteiger partial charge in [0.05, 0.1) is 29.1 Å². The van der Waals surface area contributed by atoms with Crippen LogP contribution in [-0.4, -0.2) is 30.9 Å². The van der Waals surface area contributed by atoms with E-state index in [4.69, 9.17) is 14.0 Å². The molecule has 3 rings (SSSR count). The molecular formula is C22H27BFNO4. The lowest BCUT2D eigenvalue weighted by Crippen LogP contribution is -2.41. The van der Waals surface area contributed by atoms with E-state index in [0.717, 1.165) is 5.56 Å². The summed E-state index contributed by atoms with van der Waals surface area (Å²) in [6.45, 7) is 9.87. The Kier molecular flexibility index (Phi) is 6.01. The van der Waals surface area contributed by atoms with E-state index in [9.17, 15) is 4.79 Å². The fourth-order valence-electron chi connectivity index (χ4n) is 3.10. The van der Waals surface area contributed by atoms with Crippen molar-refractivity contribution in [1.29, 1.82) is 0 Å². The third-order valence-corrected chi connectivity index (χ3v) is 5.49. The number of nitrogens with one attached hydrogen (secondary N) is 1. The van der Waals surface area contributed by atoms with Crippen LogP contribution in [0, 0.1) is 5.82 Å². The zero-order valence-electron chi connectivity index (χ0n) is 17.5. The molecule has 0 atom stereocenters. The van der Waals surface area contributed by atoms with Crippen molar-refractivity contribution in [3.05, 3.63) is 59.4 Å². The number of rotatable bonds is 6. The van der Waals surface area contributed by atoms with Crippen molar-refractivity contribution >= 4 is 24.2 Å². The summed E-state index contributed by atoms with van der Waals surface area (Å²) >= 11 is 0. The van der Waals surface area contributed by atoms with Crippen molar-refractivity contribution < 1.29 is 23.2 Å². The normalized spacial score (nSPS) is 17.2. The predicted molar refractivity (Wildman–Crippen MR) is 112 cm³/mol. The zero-order valence-corrected chi connectivity index (χ0v) is 17.5. The minimum Gasteiger partial charge on any atom is -0.462 e. The standard InChI is InChI=1S/C22H27BFNO4/c1-6-27-20(26)16-12-13-17(25-14-15-10-8-7-9-11-15)19(24)18(16)23-28-21(2,3)22(4,5)29-23/h7-13,25H,6,14H2,1-5H3. The maximum Gasteiger partial charge on any atom is 0.498 e. The number of hydrogen-bond donors (Lipinski definition) is 1. The number of ether oxygens (including phenoxy) is 1. The second-order valence-corrected chi connectivity index (χ2v) is 8.04. The molecule has 0 aromatic heterocycles. The lowest BCUT2D eigenvalue weighted by atomic mass is 9.75. The van der Waals surface area contributed by atoms with Crippen molar-refractivity contribution in [3.63, 3.8) is 0 Å². The molecule has 0 radical (unpaired) electrons. The van der Waals surface area contributed by atoms with Gasteiger partial charge < -0.3 is 19.4 Å². The van der Waals surface area contributed by atoms with Crippen LogP contribution in [0.4, 0.5) is 10.1 Å². The summed E-state index contributed by atoms with van der Waals surface area (Å²) in [5.41, 5.74) is 0.117. The van der Waals surface area contributed by atoms with Crippen LogP contribution in [-0.2, 0) is 20.6 Å². The number of halogens is 1. The van der Waals surface area contributed by atoms with Crippen LogP contribution in [0.2, 0.25) is 0 Å².